The molecule has 2 rings (SSSR count). The first kappa shape index (κ1) is 11.8. The molecule has 0 aromatic carbocycles. The first-order valence-corrected chi connectivity index (χ1v) is 5.91. The zero-order chi connectivity index (χ0) is 12.3. The maximum absolute atomic E-state index is 11.3. The molecule has 17 heavy (non-hydrogen) atoms. The van der Waals surface area contributed by atoms with Crippen molar-refractivity contribution < 1.29 is 0 Å². The quantitative estimate of drug-likeness (QED) is 0.890. The monoisotopic (exact) mass is 297 g/mol. The maximum Gasteiger partial charge on any atom is 0.267 e. The summed E-state index contributed by atoms with van der Waals surface area (Å²) in [6.07, 6.45) is 6.74. The zero-order valence-electron chi connectivity index (χ0n) is 9.22. The molecule has 6 nitrogen and oxygen atoms in total. The minimum absolute atomic E-state index is 0.134. The van der Waals surface area contributed by atoms with Gasteiger partial charge in [0.2, 0.25) is 0 Å². The van der Waals surface area contributed by atoms with Gasteiger partial charge in [0, 0.05) is 25.0 Å². The Morgan fingerprint density at radius 2 is 2.47 bits per heavy atom. The molecule has 0 amide bonds. The predicted octanol–water partition coefficient (Wildman–Crippen LogP) is 1.23. The maximum atomic E-state index is 11.3. The summed E-state index contributed by atoms with van der Waals surface area (Å²) >= 11 is 3.20. The van der Waals surface area contributed by atoms with Gasteiger partial charge in [0.05, 0.1) is 12.7 Å². The summed E-state index contributed by atoms with van der Waals surface area (Å²) in [6.45, 7) is 2.76. The van der Waals surface area contributed by atoms with Crippen molar-refractivity contribution in [2.24, 2.45) is 0 Å². The molecule has 2 aromatic heterocycles. The molecule has 0 aliphatic heterocycles. The lowest BCUT2D eigenvalue weighted by Crippen LogP contribution is -2.23. The van der Waals surface area contributed by atoms with Crippen molar-refractivity contribution in [3.05, 3.63) is 39.9 Å². The SMILES string of the molecule is CC(Cn1ccnc1)Nc1nc[nH]c(=O)c1Br. The Bertz CT molecular complexity index is 536. The molecular formula is C10H12BrN5O. The number of aromatic nitrogens is 4. The summed E-state index contributed by atoms with van der Waals surface area (Å²) in [5.74, 6) is 0.543. The Hall–Kier alpha value is -1.63. The Morgan fingerprint density at radius 3 is 3.18 bits per heavy atom. The van der Waals surface area contributed by atoms with Crippen molar-refractivity contribution in [3.63, 3.8) is 0 Å². The van der Waals surface area contributed by atoms with Crippen LogP contribution in [-0.2, 0) is 6.54 Å². The second-order valence-corrected chi connectivity index (χ2v) is 4.49. The molecule has 2 aromatic rings. The number of imidazole rings is 1. The molecule has 0 aliphatic carbocycles. The normalized spacial score (nSPS) is 12.4. The molecule has 2 heterocycles. The van der Waals surface area contributed by atoms with E-state index in [2.05, 4.69) is 36.2 Å². The second kappa shape index (κ2) is 5.13. The first-order valence-electron chi connectivity index (χ1n) is 5.12. The second-order valence-electron chi connectivity index (χ2n) is 3.70. The topological polar surface area (TPSA) is 75.6 Å². The van der Waals surface area contributed by atoms with E-state index in [4.69, 9.17) is 0 Å². The number of aromatic amines is 1. The number of rotatable bonds is 4. The van der Waals surface area contributed by atoms with Gasteiger partial charge in [-0.15, -0.1) is 0 Å². The number of H-pyrrole nitrogens is 1. The van der Waals surface area contributed by atoms with E-state index in [1.54, 1.807) is 12.5 Å². The van der Waals surface area contributed by atoms with E-state index in [0.29, 0.717) is 10.3 Å². The van der Waals surface area contributed by atoms with Gasteiger partial charge in [-0.05, 0) is 22.9 Å². The van der Waals surface area contributed by atoms with Gasteiger partial charge >= 0.3 is 0 Å². The lowest BCUT2D eigenvalue weighted by molar-refractivity contribution is 0.616. The summed E-state index contributed by atoms with van der Waals surface area (Å²) in [6, 6.07) is 0.134. The average Bonchev–Trinajstić information content (AvgIpc) is 2.77. The Kier molecular flexibility index (Phi) is 3.58. The fourth-order valence-corrected chi connectivity index (χ4v) is 1.80. The lowest BCUT2D eigenvalue weighted by atomic mass is 10.3. The lowest BCUT2D eigenvalue weighted by Gasteiger charge is -2.15. The van der Waals surface area contributed by atoms with Crippen molar-refractivity contribution in [3.8, 4) is 0 Å². The van der Waals surface area contributed by atoms with Gasteiger partial charge in [-0.2, -0.15) is 0 Å². The Balaban J connectivity index is 2.05. The largest absolute Gasteiger partial charge is 0.365 e. The molecule has 0 radical (unpaired) electrons. The van der Waals surface area contributed by atoms with Crippen LogP contribution < -0.4 is 10.9 Å². The van der Waals surface area contributed by atoms with Crippen molar-refractivity contribution in [1.29, 1.82) is 0 Å². The highest BCUT2D eigenvalue weighted by Gasteiger charge is 2.08. The number of nitrogens with one attached hydrogen (secondary N) is 2. The van der Waals surface area contributed by atoms with Crippen LogP contribution in [-0.4, -0.2) is 25.6 Å². The highest BCUT2D eigenvalue weighted by molar-refractivity contribution is 9.10. The van der Waals surface area contributed by atoms with Crippen molar-refractivity contribution in [1.82, 2.24) is 19.5 Å². The van der Waals surface area contributed by atoms with Gasteiger partial charge in [0.1, 0.15) is 10.3 Å². The summed E-state index contributed by atoms with van der Waals surface area (Å²) < 4.78 is 2.37. The van der Waals surface area contributed by atoms with E-state index >= 15 is 0 Å². The molecular weight excluding hydrogens is 286 g/mol. The van der Waals surface area contributed by atoms with E-state index in [1.165, 1.54) is 6.33 Å². The van der Waals surface area contributed by atoms with Gasteiger partial charge in [0.25, 0.3) is 5.56 Å². The van der Waals surface area contributed by atoms with Crippen LogP contribution in [0.25, 0.3) is 0 Å². The Morgan fingerprint density at radius 1 is 1.65 bits per heavy atom. The minimum atomic E-state index is -0.197. The Labute approximate surface area is 106 Å². The molecule has 1 unspecified atom stereocenters. The molecule has 0 saturated heterocycles. The van der Waals surface area contributed by atoms with Crippen LogP contribution in [0.1, 0.15) is 6.92 Å². The smallest absolute Gasteiger partial charge is 0.267 e. The highest BCUT2D eigenvalue weighted by atomic mass is 79.9. The molecule has 1 atom stereocenters. The van der Waals surface area contributed by atoms with Gasteiger partial charge in [0.15, 0.2) is 0 Å². The molecule has 0 spiro atoms. The van der Waals surface area contributed by atoms with E-state index in [0.717, 1.165) is 6.54 Å². The van der Waals surface area contributed by atoms with Gasteiger partial charge in [-0.3, -0.25) is 4.79 Å². The molecule has 0 bridgehead atoms. The molecule has 2 N–H and O–H groups in total. The van der Waals surface area contributed by atoms with Crippen molar-refractivity contribution in [2.75, 3.05) is 5.32 Å². The number of hydrogen-bond donors (Lipinski definition) is 2. The van der Waals surface area contributed by atoms with Gasteiger partial charge in [-0.25, -0.2) is 9.97 Å². The molecule has 0 saturated carbocycles. The first-order chi connectivity index (χ1) is 8.16. The minimum Gasteiger partial charge on any atom is -0.365 e. The van der Waals surface area contributed by atoms with Crippen LogP contribution in [0.15, 0.2) is 34.3 Å². The van der Waals surface area contributed by atoms with Crippen LogP contribution in [0.5, 0.6) is 0 Å². The van der Waals surface area contributed by atoms with Gasteiger partial charge < -0.3 is 14.9 Å². The van der Waals surface area contributed by atoms with E-state index in [9.17, 15) is 4.79 Å². The van der Waals surface area contributed by atoms with Crippen LogP contribution in [0, 0.1) is 0 Å². The van der Waals surface area contributed by atoms with Crippen molar-refractivity contribution >= 4 is 21.7 Å². The predicted molar refractivity (Wildman–Crippen MR) is 67.9 cm³/mol. The van der Waals surface area contributed by atoms with Crippen LogP contribution in [0.4, 0.5) is 5.82 Å². The summed E-state index contributed by atoms with van der Waals surface area (Å²) in [4.78, 5) is 21.9. The van der Waals surface area contributed by atoms with Crippen LogP contribution in [0.3, 0.4) is 0 Å². The average molecular weight is 298 g/mol. The number of halogens is 1. The molecule has 7 heteroatoms. The number of hydrogen-bond acceptors (Lipinski definition) is 4. The van der Waals surface area contributed by atoms with Crippen LogP contribution in [0.2, 0.25) is 0 Å². The van der Waals surface area contributed by atoms with E-state index in [-0.39, 0.29) is 11.6 Å². The fourth-order valence-electron chi connectivity index (χ4n) is 1.47. The van der Waals surface area contributed by atoms with Crippen molar-refractivity contribution in [2.45, 2.75) is 19.5 Å². The highest BCUT2D eigenvalue weighted by Crippen LogP contribution is 2.14. The summed E-state index contributed by atoms with van der Waals surface area (Å²) in [5, 5.41) is 3.16. The fraction of sp³-hybridized carbons (Fsp3) is 0.300. The summed E-state index contributed by atoms with van der Waals surface area (Å²) in [7, 11) is 0. The van der Waals surface area contributed by atoms with Gasteiger partial charge in [-0.1, -0.05) is 0 Å². The molecule has 0 fully saturated rings. The molecule has 90 valence electrons. The zero-order valence-corrected chi connectivity index (χ0v) is 10.8. The van der Waals surface area contributed by atoms with Crippen LogP contribution >= 0.6 is 15.9 Å². The van der Waals surface area contributed by atoms with E-state index < -0.39 is 0 Å². The number of nitrogens with zero attached hydrogens (tertiary/aromatic N) is 3. The van der Waals surface area contributed by atoms with E-state index in [1.807, 2.05) is 17.7 Å². The summed E-state index contributed by atoms with van der Waals surface area (Å²) in [5.41, 5.74) is -0.197. The third kappa shape index (κ3) is 2.94. The standard InChI is InChI=1S/C10H12BrN5O/c1-7(4-16-3-2-12-6-16)15-9-8(11)10(17)14-5-13-9/h2-3,5-7H,4H2,1H3,(H2,13,14,15,17). The third-order valence-electron chi connectivity index (χ3n) is 2.22. The third-order valence-corrected chi connectivity index (χ3v) is 2.96. The molecule has 0 aliphatic rings. The number of anilines is 1.